The van der Waals surface area contributed by atoms with Crippen molar-refractivity contribution in [1.82, 2.24) is 4.90 Å². The lowest BCUT2D eigenvalue weighted by molar-refractivity contribution is -0.131. The standard InChI is InChI=1S/C13H18N2OS/c1-10-9-17-6-5-15(10)13(16)8-11-3-2-4-12(14)7-11/h2-4,7,10H,5-6,8-9,14H2,1H3. The Morgan fingerprint density at radius 3 is 3.12 bits per heavy atom. The van der Waals surface area contributed by atoms with E-state index in [0.29, 0.717) is 12.5 Å². The van der Waals surface area contributed by atoms with E-state index in [-0.39, 0.29) is 5.91 Å². The molecule has 1 amide bonds. The van der Waals surface area contributed by atoms with Gasteiger partial charge < -0.3 is 10.6 Å². The summed E-state index contributed by atoms with van der Waals surface area (Å²) in [5.74, 6) is 2.30. The molecule has 0 spiro atoms. The quantitative estimate of drug-likeness (QED) is 0.814. The van der Waals surface area contributed by atoms with Crippen LogP contribution in [0.1, 0.15) is 12.5 Å². The van der Waals surface area contributed by atoms with Gasteiger partial charge >= 0.3 is 0 Å². The predicted molar refractivity (Wildman–Crippen MR) is 73.1 cm³/mol. The molecule has 2 rings (SSSR count). The van der Waals surface area contributed by atoms with Crippen molar-refractivity contribution in [2.24, 2.45) is 0 Å². The lowest BCUT2D eigenvalue weighted by Gasteiger charge is -2.33. The van der Waals surface area contributed by atoms with Gasteiger partial charge in [-0.1, -0.05) is 12.1 Å². The number of hydrogen-bond acceptors (Lipinski definition) is 3. The Bertz CT molecular complexity index is 408. The van der Waals surface area contributed by atoms with E-state index in [9.17, 15) is 4.79 Å². The minimum Gasteiger partial charge on any atom is -0.399 e. The summed E-state index contributed by atoms with van der Waals surface area (Å²) in [4.78, 5) is 14.2. The van der Waals surface area contributed by atoms with Gasteiger partial charge in [0.25, 0.3) is 0 Å². The Balaban J connectivity index is 2.01. The first-order valence-electron chi connectivity index (χ1n) is 5.88. The molecule has 3 nitrogen and oxygen atoms in total. The lowest BCUT2D eigenvalue weighted by atomic mass is 10.1. The molecule has 0 aromatic heterocycles. The summed E-state index contributed by atoms with van der Waals surface area (Å²) in [6.45, 7) is 2.98. The molecule has 1 aliphatic rings. The zero-order valence-corrected chi connectivity index (χ0v) is 10.9. The third kappa shape index (κ3) is 3.16. The number of rotatable bonds is 2. The molecule has 92 valence electrons. The van der Waals surface area contributed by atoms with Gasteiger partial charge in [-0.2, -0.15) is 11.8 Å². The maximum Gasteiger partial charge on any atom is 0.227 e. The van der Waals surface area contributed by atoms with E-state index in [0.717, 1.165) is 29.3 Å². The van der Waals surface area contributed by atoms with Crippen LogP contribution in [0.4, 0.5) is 5.69 Å². The molecule has 1 unspecified atom stereocenters. The largest absolute Gasteiger partial charge is 0.399 e. The number of nitrogens with two attached hydrogens (primary N) is 1. The van der Waals surface area contributed by atoms with E-state index < -0.39 is 0 Å². The van der Waals surface area contributed by atoms with E-state index in [1.165, 1.54) is 0 Å². The van der Waals surface area contributed by atoms with E-state index >= 15 is 0 Å². The fraction of sp³-hybridized carbons (Fsp3) is 0.462. The van der Waals surface area contributed by atoms with Crippen molar-refractivity contribution in [3.8, 4) is 0 Å². The van der Waals surface area contributed by atoms with Crippen LogP contribution in [-0.4, -0.2) is 34.9 Å². The molecule has 1 saturated heterocycles. The molecular weight excluding hydrogens is 232 g/mol. The second-order valence-electron chi connectivity index (χ2n) is 4.43. The molecule has 17 heavy (non-hydrogen) atoms. The average molecular weight is 250 g/mol. The number of anilines is 1. The van der Waals surface area contributed by atoms with Crippen LogP contribution < -0.4 is 5.73 Å². The maximum atomic E-state index is 12.2. The number of benzene rings is 1. The summed E-state index contributed by atoms with van der Waals surface area (Å²) in [5.41, 5.74) is 7.43. The topological polar surface area (TPSA) is 46.3 Å². The van der Waals surface area contributed by atoms with Crippen LogP contribution in [0.25, 0.3) is 0 Å². The fourth-order valence-electron chi connectivity index (χ4n) is 2.08. The number of carbonyl (C=O) groups is 1. The molecule has 1 atom stereocenters. The molecule has 0 radical (unpaired) electrons. The minimum atomic E-state index is 0.211. The molecular formula is C13H18N2OS. The SMILES string of the molecule is CC1CSCCN1C(=O)Cc1cccc(N)c1. The van der Waals surface area contributed by atoms with Crippen molar-refractivity contribution in [2.45, 2.75) is 19.4 Å². The van der Waals surface area contributed by atoms with E-state index in [1.54, 1.807) is 0 Å². The zero-order chi connectivity index (χ0) is 12.3. The Kier molecular flexibility index (Phi) is 3.94. The first-order valence-corrected chi connectivity index (χ1v) is 7.04. The highest BCUT2D eigenvalue weighted by Crippen LogP contribution is 2.17. The average Bonchev–Trinajstić information content (AvgIpc) is 2.29. The van der Waals surface area contributed by atoms with Crippen LogP contribution in [0.3, 0.4) is 0 Å². The molecule has 0 aliphatic carbocycles. The van der Waals surface area contributed by atoms with Gasteiger partial charge in [-0.05, 0) is 24.6 Å². The van der Waals surface area contributed by atoms with Gasteiger partial charge in [-0.15, -0.1) is 0 Å². The van der Waals surface area contributed by atoms with Gasteiger partial charge in [0.15, 0.2) is 0 Å². The summed E-state index contributed by atoms with van der Waals surface area (Å²) < 4.78 is 0. The molecule has 0 saturated carbocycles. The van der Waals surface area contributed by atoms with Crippen molar-refractivity contribution in [2.75, 3.05) is 23.8 Å². The normalized spacial score (nSPS) is 20.3. The van der Waals surface area contributed by atoms with Crippen LogP contribution in [0.5, 0.6) is 0 Å². The van der Waals surface area contributed by atoms with Crippen LogP contribution in [0, 0.1) is 0 Å². The summed E-state index contributed by atoms with van der Waals surface area (Å²) in [6.07, 6.45) is 0.458. The van der Waals surface area contributed by atoms with Crippen molar-refractivity contribution in [1.29, 1.82) is 0 Å². The number of nitrogen functional groups attached to an aromatic ring is 1. The van der Waals surface area contributed by atoms with Crippen molar-refractivity contribution >= 4 is 23.4 Å². The van der Waals surface area contributed by atoms with Gasteiger partial charge in [0.05, 0.1) is 6.42 Å². The zero-order valence-electron chi connectivity index (χ0n) is 10.1. The van der Waals surface area contributed by atoms with E-state index in [2.05, 4.69) is 6.92 Å². The number of hydrogen-bond donors (Lipinski definition) is 1. The highest BCUT2D eigenvalue weighted by Gasteiger charge is 2.23. The molecule has 2 N–H and O–H groups in total. The second kappa shape index (κ2) is 5.45. The Morgan fingerprint density at radius 1 is 1.59 bits per heavy atom. The molecule has 4 heteroatoms. The van der Waals surface area contributed by atoms with Crippen LogP contribution in [0.15, 0.2) is 24.3 Å². The summed E-state index contributed by atoms with van der Waals surface area (Å²) >= 11 is 1.92. The monoisotopic (exact) mass is 250 g/mol. The molecule has 1 aliphatic heterocycles. The highest BCUT2D eigenvalue weighted by atomic mass is 32.2. The second-order valence-corrected chi connectivity index (χ2v) is 5.58. The molecule has 1 aromatic rings. The number of nitrogens with zero attached hydrogens (tertiary/aromatic N) is 1. The third-order valence-electron chi connectivity index (χ3n) is 2.99. The van der Waals surface area contributed by atoms with E-state index in [4.69, 9.17) is 5.73 Å². The predicted octanol–water partition coefficient (Wildman–Crippen LogP) is 1.78. The third-order valence-corrected chi connectivity index (χ3v) is 4.18. The van der Waals surface area contributed by atoms with Crippen LogP contribution in [0.2, 0.25) is 0 Å². The maximum absolute atomic E-state index is 12.2. The summed E-state index contributed by atoms with van der Waals surface area (Å²) in [5, 5.41) is 0. The molecule has 1 aromatic carbocycles. The molecule has 0 bridgehead atoms. The summed E-state index contributed by atoms with van der Waals surface area (Å²) in [6, 6.07) is 7.92. The Hall–Kier alpha value is -1.16. The van der Waals surface area contributed by atoms with Crippen LogP contribution >= 0.6 is 11.8 Å². The molecule has 1 fully saturated rings. The number of carbonyl (C=O) groups excluding carboxylic acids is 1. The van der Waals surface area contributed by atoms with Gasteiger partial charge in [0, 0.05) is 29.8 Å². The van der Waals surface area contributed by atoms with Crippen molar-refractivity contribution in [3.63, 3.8) is 0 Å². The first kappa shape index (κ1) is 12.3. The van der Waals surface area contributed by atoms with Gasteiger partial charge in [0.1, 0.15) is 0 Å². The fourth-order valence-corrected chi connectivity index (χ4v) is 3.09. The van der Waals surface area contributed by atoms with E-state index in [1.807, 2.05) is 40.9 Å². The minimum absolute atomic E-state index is 0.211. The summed E-state index contributed by atoms with van der Waals surface area (Å²) in [7, 11) is 0. The number of thioether (sulfide) groups is 1. The first-order chi connectivity index (χ1) is 8.16. The molecule has 1 heterocycles. The van der Waals surface area contributed by atoms with Crippen molar-refractivity contribution in [3.05, 3.63) is 29.8 Å². The lowest BCUT2D eigenvalue weighted by Crippen LogP contribution is -2.45. The Morgan fingerprint density at radius 2 is 2.41 bits per heavy atom. The van der Waals surface area contributed by atoms with Crippen LogP contribution in [-0.2, 0) is 11.2 Å². The van der Waals surface area contributed by atoms with Gasteiger partial charge in [-0.25, -0.2) is 0 Å². The smallest absolute Gasteiger partial charge is 0.227 e. The Labute approximate surface area is 106 Å². The number of amides is 1. The van der Waals surface area contributed by atoms with Gasteiger partial charge in [0.2, 0.25) is 5.91 Å². The highest BCUT2D eigenvalue weighted by molar-refractivity contribution is 7.99. The van der Waals surface area contributed by atoms with Gasteiger partial charge in [-0.3, -0.25) is 4.79 Å². The van der Waals surface area contributed by atoms with Crippen molar-refractivity contribution < 1.29 is 4.79 Å².